The number of rotatable bonds is 4. The van der Waals surface area contributed by atoms with Crippen molar-refractivity contribution in [3.63, 3.8) is 0 Å². The summed E-state index contributed by atoms with van der Waals surface area (Å²) in [6.45, 7) is 3.74. The van der Waals surface area contributed by atoms with Crippen LogP contribution in [-0.2, 0) is 0 Å². The molecule has 4 nitrogen and oxygen atoms in total. The van der Waals surface area contributed by atoms with Gasteiger partial charge in [0, 0.05) is 18.3 Å². The second kappa shape index (κ2) is 5.42. The van der Waals surface area contributed by atoms with Gasteiger partial charge in [0.05, 0.1) is 11.2 Å². The van der Waals surface area contributed by atoms with Crippen molar-refractivity contribution >= 4 is 11.6 Å². The van der Waals surface area contributed by atoms with Crippen molar-refractivity contribution in [2.24, 2.45) is 5.73 Å². The Balaban J connectivity index is 2.22. The smallest absolute Gasteiger partial charge is 0.171 e. The molecule has 5 heteroatoms. The second-order valence-corrected chi connectivity index (χ2v) is 4.62. The van der Waals surface area contributed by atoms with E-state index in [0.717, 1.165) is 5.76 Å². The van der Waals surface area contributed by atoms with E-state index in [2.05, 4.69) is 4.98 Å². The highest BCUT2D eigenvalue weighted by atomic mass is 35.5. The number of hydrogen-bond acceptors (Lipinski definition) is 4. The molecular formula is C13H15ClN2O2. The van der Waals surface area contributed by atoms with E-state index >= 15 is 0 Å². The van der Waals surface area contributed by atoms with Crippen molar-refractivity contribution in [3.05, 3.63) is 47.1 Å². The minimum atomic E-state index is -0.362. The first-order chi connectivity index (χ1) is 8.56. The molecule has 0 saturated heterocycles. The molecule has 0 aliphatic rings. The van der Waals surface area contributed by atoms with Crippen LogP contribution in [0.15, 0.2) is 35.0 Å². The van der Waals surface area contributed by atoms with Crippen LogP contribution < -0.4 is 10.5 Å². The van der Waals surface area contributed by atoms with Crippen molar-refractivity contribution < 1.29 is 9.15 Å². The summed E-state index contributed by atoms with van der Waals surface area (Å²) in [6.07, 6.45) is 2.78. The topological polar surface area (TPSA) is 61.3 Å². The SMILES string of the molecule is Cc1ccc(C(Oc2cncc(Cl)c2)C(C)N)o1. The number of aryl methyl sites for hydroxylation is 1. The summed E-state index contributed by atoms with van der Waals surface area (Å²) in [5, 5.41) is 0.520. The van der Waals surface area contributed by atoms with Crippen molar-refractivity contribution in [3.8, 4) is 5.75 Å². The second-order valence-electron chi connectivity index (χ2n) is 4.18. The zero-order valence-electron chi connectivity index (χ0n) is 10.3. The number of furan rings is 1. The third kappa shape index (κ3) is 3.03. The molecule has 0 bridgehead atoms. The zero-order valence-corrected chi connectivity index (χ0v) is 11.0. The van der Waals surface area contributed by atoms with Crippen LogP contribution in [0.4, 0.5) is 0 Å². The summed E-state index contributed by atoms with van der Waals surface area (Å²) in [5.74, 6) is 2.09. The van der Waals surface area contributed by atoms with E-state index in [-0.39, 0.29) is 12.1 Å². The lowest BCUT2D eigenvalue weighted by Crippen LogP contribution is -2.28. The first-order valence-corrected chi connectivity index (χ1v) is 6.03. The Morgan fingerprint density at radius 3 is 2.72 bits per heavy atom. The molecule has 96 valence electrons. The van der Waals surface area contributed by atoms with Gasteiger partial charge in [0.15, 0.2) is 6.10 Å². The summed E-state index contributed by atoms with van der Waals surface area (Å²) < 4.78 is 11.3. The molecule has 0 spiro atoms. The van der Waals surface area contributed by atoms with Gasteiger partial charge in [-0.05, 0) is 26.0 Å². The average molecular weight is 267 g/mol. The van der Waals surface area contributed by atoms with Gasteiger partial charge in [0.2, 0.25) is 0 Å². The Morgan fingerprint density at radius 1 is 1.39 bits per heavy atom. The number of pyridine rings is 1. The number of aromatic nitrogens is 1. The number of halogens is 1. The van der Waals surface area contributed by atoms with Gasteiger partial charge >= 0.3 is 0 Å². The number of ether oxygens (including phenoxy) is 1. The van der Waals surface area contributed by atoms with Crippen molar-refractivity contribution in [2.45, 2.75) is 26.0 Å². The highest BCUT2D eigenvalue weighted by Crippen LogP contribution is 2.26. The van der Waals surface area contributed by atoms with Gasteiger partial charge in [-0.1, -0.05) is 11.6 Å². The minimum Gasteiger partial charge on any atom is -0.479 e. The first kappa shape index (κ1) is 12.9. The Bertz CT molecular complexity index is 525. The molecule has 0 radical (unpaired) electrons. The molecule has 2 atom stereocenters. The predicted molar refractivity (Wildman–Crippen MR) is 69.7 cm³/mol. The molecule has 0 aromatic carbocycles. The van der Waals surface area contributed by atoms with E-state index in [4.69, 9.17) is 26.5 Å². The molecule has 2 rings (SSSR count). The number of nitrogens with zero attached hydrogens (tertiary/aromatic N) is 1. The summed E-state index contributed by atoms with van der Waals surface area (Å²) in [5.41, 5.74) is 5.93. The monoisotopic (exact) mass is 266 g/mol. The van der Waals surface area contributed by atoms with Crippen LogP contribution in [0.1, 0.15) is 24.5 Å². The lowest BCUT2D eigenvalue weighted by atomic mass is 10.1. The fraction of sp³-hybridized carbons (Fsp3) is 0.308. The maximum atomic E-state index is 5.93. The zero-order chi connectivity index (χ0) is 13.1. The lowest BCUT2D eigenvalue weighted by molar-refractivity contribution is 0.151. The molecule has 0 fully saturated rings. The van der Waals surface area contributed by atoms with E-state index in [9.17, 15) is 0 Å². The third-order valence-electron chi connectivity index (χ3n) is 2.46. The predicted octanol–water partition coefficient (Wildman–Crippen LogP) is 3.10. The largest absolute Gasteiger partial charge is 0.479 e. The van der Waals surface area contributed by atoms with Crippen LogP contribution in [0.3, 0.4) is 0 Å². The van der Waals surface area contributed by atoms with Gasteiger partial charge in [-0.15, -0.1) is 0 Å². The van der Waals surface area contributed by atoms with Gasteiger partial charge < -0.3 is 14.9 Å². The number of nitrogens with two attached hydrogens (primary N) is 1. The van der Waals surface area contributed by atoms with Crippen LogP contribution >= 0.6 is 11.6 Å². The van der Waals surface area contributed by atoms with Crippen LogP contribution in [0, 0.1) is 6.92 Å². The van der Waals surface area contributed by atoms with Crippen LogP contribution in [0.2, 0.25) is 5.02 Å². The van der Waals surface area contributed by atoms with Gasteiger partial charge in [-0.25, -0.2) is 0 Å². The standard InChI is InChI=1S/C13H15ClN2O2/c1-8-3-4-12(17-8)13(9(2)15)18-11-5-10(14)6-16-7-11/h3-7,9,13H,15H2,1-2H3. The molecule has 0 aliphatic carbocycles. The minimum absolute atomic E-state index is 0.213. The summed E-state index contributed by atoms with van der Waals surface area (Å²) in [7, 11) is 0. The Hall–Kier alpha value is -1.52. The van der Waals surface area contributed by atoms with Crippen LogP contribution in [-0.4, -0.2) is 11.0 Å². The van der Waals surface area contributed by atoms with Gasteiger partial charge in [0.25, 0.3) is 0 Å². The van der Waals surface area contributed by atoms with Gasteiger partial charge in [-0.3, -0.25) is 4.98 Å². The van der Waals surface area contributed by atoms with Gasteiger partial charge in [-0.2, -0.15) is 0 Å². The summed E-state index contributed by atoms with van der Waals surface area (Å²) in [6, 6.07) is 5.22. The first-order valence-electron chi connectivity index (χ1n) is 5.65. The van der Waals surface area contributed by atoms with Crippen LogP contribution in [0.25, 0.3) is 0 Å². The van der Waals surface area contributed by atoms with Crippen molar-refractivity contribution in [1.82, 2.24) is 4.98 Å². The highest BCUT2D eigenvalue weighted by molar-refractivity contribution is 6.30. The molecule has 2 heterocycles. The molecule has 0 saturated carbocycles. The van der Waals surface area contributed by atoms with E-state index in [1.54, 1.807) is 18.5 Å². The third-order valence-corrected chi connectivity index (χ3v) is 2.67. The fourth-order valence-corrected chi connectivity index (χ4v) is 1.80. The molecule has 2 aromatic rings. The quantitative estimate of drug-likeness (QED) is 0.924. The van der Waals surface area contributed by atoms with E-state index in [1.165, 1.54) is 0 Å². The molecule has 2 aromatic heterocycles. The lowest BCUT2D eigenvalue weighted by Gasteiger charge is -2.20. The van der Waals surface area contributed by atoms with Crippen molar-refractivity contribution in [1.29, 1.82) is 0 Å². The molecule has 2 unspecified atom stereocenters. The van der Waals surface area contributed by atoms with Gasteiger partial charge in [0.1, 0.15) is 17.3 Å². The van der Waals surface area contributed by atoms with E-state index < -0.39 is 0 Å². The molecular weight excluding hydrogens is 252 g/mol. The van der Waals surface area contributed by atoms with Crippen molar-refractivity contribution in [2.75, 3.05) is 0 Å². The maximum Gasteiger partial charge on any atom is 0.171 e. The molecule has 2 N–H and O–H groups in total. The van der Waals surface area contributed by atoms with E-state index in [1.807, 2.05) is 26.0 Å². The molecule has 0 aliphatic heterocycles. The number of hydrogen-bond donors (Lipinski definition) is 1. The van der Waals surface area contributed by atoms with E-state index in [0.29, 0.717) is 16.5 Å². The highest BCUT2D eigenvalue weighted by Gasteiger charge is 2.21. The Labute approximate surface area is 111 Å². The average Bonchev–Trinajstić information content (AvgIpc) is 2.72. The fourth-order valence-electron chi connectivity index (χ4n) is 1.63. The maximum absolute atomic E-state index is 5.93. The molecule has 18 heavy (non-hydrogen) atoms. The Kier molecular flexibility index (Phi) is 3.89. The normalized spacial score (nSPS) is 14.2. The molecule has 0 amide bonds. The summed E-state index contributed by atoms with van der Waals surface area (Å²) in [4.78, 5) is 3.97. The van der Waals surface area contributed by atoms with Crippen LogP contribution in [0.5, 0.6) is 5.75 Å². The summed E-state index contributed by atoms with van der Waals surface area (Å²) >= 11 is 5.86. The Morgan fingerprint density at radius 2 is 2.17 bits per heavy atom.